The minimum atomic E-state index is -0.800. The maximum atomic E-state index is 12.2. The fraction of sp³-hybridized carbons (Fsp3) is 0.857. The molecule has 1 unspecified atom stereocenters. The minimum absolute atomic E-state index is 0.0319. The molecule has 1 saturated heterocycles. The molecule has 21 heavy (non-hydrogen) atoms. The van der Waals surface area contributed by atoms with Gasteiger partial charge >= 0.3 is 12.0 Å². The van der Waals surface area contributed by atoms with Crippen LogP contribution in [0.2, 0.25) is 0 Å². The van der Waals surface area contributed by atoms with Crippen molar-refractivity contribution in [2.45, 2.75) is 44.8 Å². The number of aliphatic carboxylic acids is 1. The molecule has 2 fully saturated rings. The number of carboxylic acids is 1. The van der Waals surface area contributed by atoms with Gasteiger partial charge < -0.3 is 20.1 Å². The molecule has 1 aliphatic heterocycles. The number of amides is 2. The smallest absolute Gasteiger partial charge is 0.318 e. The first-order chi connectivity index (χ1) is 10.0. The lowest BCUT2D eigenvalue weighted by molar-refractivity contribution is -0.139. The van der Waals surface area contributed by atoms with Crippen molar-refractivity contribution in [2.75, 3.05) is 32.8 Å². The van der Waals surface area contributed by atoms with Crippen LogP contribution in [-0.2, 0) is 9.53 Å². The number of urea groups is 1. The van der Waals surface area contributed by atoms with Crippen molar-refractivity contribution in [3.05, 3.63) is 0 Å². The van der Waals surface area contributed by atoms with Crippen LogP contribution in [0.25, 0.3) is 0 Å². The number of hydrogen-bond acceptors (Lipinski definition) is 4. The maximum absolute atomic E-state index is 12.2. The average molecular weight is 299 g/mol. The second-order valence-electron chi connectivity index (χ2n) is 5.85. The number of nitrogens with zero attached hydrogens (tertiary/aromatic N) is 2. The fourth-order valence-electron chi connectivity index (χ4n) is 2.96. The molecule has 0 radical (unpaired) electrons. The Morgan fingerprint density at radius 1 is 1.43 bits per heavy atom. The van der Waals surface area contributed by atoms with E-state index in [1.807, 2.05) is 23.6 Å². The molecule has 120 valence electrons. The van der Waals surface area contributed by atoms with Crippen molar-refractivity contribution < 1.29 is 19.4 Å². The van der Waals surface area contributed by atoms with Crippen LogP contribution in [0.5, 0.6) is 0 Å². The van der Waals surface area contributed by atoms with E-state index in [9.17, 15) is 9.59 Å². The van der Waals surface area contributed by atoms with Crippen LogP contribution in [0.1, 0.15) is 26.7 Å². The molecule has 2 rings (SSSR count). The van der Waals surface area contributed by atoms with Gasteiger partial charge in [-0.1, -0.05) is 6.92 Å². The van der Waals surface area contributed by atoms with Crippen LogP contribution in [-0.4, -0.2) is 77.9 Å². The van der Waals surface area contributed by atoms with Gasteiger partial charge in [-0.25, -0.2) is 4.79 Å². The summed E-state index contributed by atoms with van der Waals surface area (Å²) in [5.41, 5.74) is 0. The molecule has 1 atom stereocenters. The van der Waals surface area contributed by atoms with E-state index in [-0.39, 0.29) is 30.7 Å². The summed E-state index contributed by atoms with van der Waals surface area (Å²) in [4.78, 5) is 26.7. The molecule has 0 aromatic carbocycles. The van der Waals surface area contributed by atoms with Crippen LogP contribution >= 0.6 is 0 Å². The maximum Gasteiger partial charge on any atom is 0.318 e. The van der Waals surface area contributed by atoms with E-state index in [2.05, 4.69) is 5.32 Å². The Morgan fingerprint density at radius 3 is 2.71 bits per heavy atom. The van der Waals surface area contributed by atoms with Crippen LogP contribution in [0.4, 0.5) is 4.79 Å². The number of nitrogens with one attached hydrogen (secondary N) is 1. The first-order valence-corrected chi connectivity index (χ1v) is 7.62. The molecule has 0 aromatic rings. The Labute approximate surface area is 125 Å². The first-order valence-electron chi connectivity index (χ1n) is 7.62. The molecular weight excluding hydrogens is 274 g/mol. The quantitative estimate of drug-likeness (QED) is 0.766. The van der Waals surface area contributed by atoms with Gasteiger partial charge in [0.05, 0.1) is 25.8 Å². The third-order valence-electron chi connectivity index (χ3n) is 4.33. The van der Waals surface area contributed by atoms with Crippen molar-refractivity contribution in [3.8, 4) is 0 Å². The van der Waals surface area contributed by atoms with Crippen LogP contribution in [0.15, 0.2) is 0 Å². The van der Waals surface area contributed by atoms with Gasteiger partial charge in [-0.2, -0.15) is 0 Å². The summed E-state index contributed by atoms with van der Waals surface area (Å²) in [6.45, 7) is 6.54. The summed E-state index contributed by atoms with van der Waals surface area (Å²) in [5.74, 6) is -0.800. The first kappa shape index (κ1) is 16.0. The number of carboxylic acid groups (broad SMARTS) is 1. The summed E-state index contributed by atoms with van der Waals surface area (Å²) < 4.78 is 5.32. The molecule has 1 heterocycles. The predicted molar refractivity (Wildman–Crippen MR) is 77.2 cm³/mol. The molecular formula is C14H25N3O4. The molecule has 0 bridgehead atoms. The Bertz CT molecular complexity index is 384. The van der Waals surface area contributed by atoms with Gasteiger partial charge in [0, 0.05) is 18.6 Å². The lowest BCUT2D eigenvalue weighted by Gasteiger charge is -2.43. The van der Waals surface area contributed by atoms with Crippen molar-refractivity contribution in [1.82, 2.24) is 15.1 Å². The zero-order valence-corrected chi connectivity index (χ0v) is 12.7. The Balaban J connectivity index is 1.74. The molecule has 1 aliphatic carbocycles. The Hall–Kier alpha value is -1.34. The largest absolute Gasteiger partial charge is 0.480 e. The van der Waals surface area contributed by atoms with E-state index >= 15 is 0 Å². The number of carbonyl (C=O) groups is 2. The van der Waals surface area contributed by atoms with Crippen LogP contribution in [0, 0.1) is 0 Å². The van der Waals surface area contributed by atoms with E-state index in [1.165, 1.54) is 0 Å². The highest BCUT2D eigenvalue weighted by Gasteiger charge is 2.36. The molecule has 7 nitrogen and oxygen atoms in total. The van der Waals surface area contributed by atoms with E-state index < -0.39 is 5.97 Å². The van der Waals surface area contributed by atoms with Gasteiger partial charge in [0.25, 0.3) is 0 Å². The lowest BCUT2D eigenvalue weighted by atomic mass is 9.85. The second-order valence-corrected chi connectivity index (χ2v) is 5.85. The zero-order valence-electron chi connectivity index (χ0n) is 12.7. The Kier molecular flexibility index (Phi) is 5.41. The molecule has 1 saturated carbocycles. The topological polar surface area (TPSA) is 82.1 Å². The zero-order chi connectivity index (χ0) is 15.4. The third kappa shape index (κ3) is 4.07. The molecule has 0 spiro atoms. The van der Waals surface area contributed by atoms with Gasteiger partial charge in [-0.05, 0) is 26.3 Å². The highest BCUT2D eigenvalue weighted by molar-refractivity contribution is 5.75. The number of morpholine rings is 1. The highest BCUT2D eigenvalue weighted by atomic mass is 16.5. The van der Waals surface area contributed by atoms with Crippen molar-refractivity contribution in [3.63, 3.8) is 0 Å². The predicted octanol–water partition coefficient (Wildman–Crippen LogP) is 0.354. The molecule has 2 N–H and O–H groups in total. The van der Waals surface area contributed by atoms with E-state index in [0.717, 1.165) is 19.4 Å². The van der Waals surface area contributed by atoms with Gasteiger partial charge in [0.1, 0.15) is 0 Å². The summed E-state index contributed by atoms with van der Waals surface area (Å²) in [5, 5.41) is 11.9. The standard InChI is InChI=1S/C14H25N3O4/c1-3-16(8-13(18)19)12-6-11(7-12)15-14(20)17-4-5-21-9-10(17)2/h10-12H,3-9H2,1-2H3,(H,15,20)(H,18,19). The fourth-order valence-corrected chi connectivity index (χ4v) is 2.96. The number of hydrogen-bond donors (Lipinski definition) is 2. The average Bonchev–Trinajstić information content (AvgIpc) is 2.40. The summed E-state index contributed by atoms with van der Waals surface area (Å²) in [6, 6.07) is 0.489. The number of likely N-dealkylation sites (N-methyl/N-ethyl adjacent to an activating group) is 1. The van der Waals surface area contributed by atoms with Gasteiger partial charge in [0.2, 0.25) is 0 Å². The van der Waals surface area contributed by atoms with Gasteiger partial charge in [-0.3, -0.25) is 9.69 Å². The van der Waals surface area contributed by atoms with Crippen molar-refractivity contribution in [2.24, 2.45) is 0 Å². The van der Waals surface area contributed by atoms with Gasteiger partial charge in [0.15, 0.2) is 0 Å². The Morgan fingerprint density at radius 2 is 2.14 bits per heavy atom. The monoisotopic (exact) mass is 299 g/mol. The number of ether oxygens (including phenoxy) is 1. The normalized spacial score (nSPS) is 29.1. The molecule has 7 heteroatoms. The summed E-state index contributed by atoms with van der Waals surface area (Å²) in [6.07, 6.45) is 1.65. The van der Waals surface area contributed by atoms with Crippen molar-refractivity contribution >= 4 is 12.0 Å². The van der Waals surface area contributed by atoms with Crippen LogP contribution in [0.3, 0.4) is 0 Å². The number of carbonyl (C=O) groups excluding carboxylic acids is 1. The van der Waals surface area contributed by atoms with E-state index in [4.69, 9.17) is 9.84 Å². The molecule has 0 aromatic heterocycles. The second kappa shape index (κ2) is 7.09. The molecule has 2 aliphatic rings. The summed E-state index contributed by atoms with van der Waals surface area (Å²) in [7, 11) is 0. The van der Waals surface area contributed by atoms with Gasteiger partial charge in [-0.15, -0.1) is 0 Å². The summed E-state index contributed by atoms with van der Waals surface area (Å²) >= 11 is 0. The number of rotatable bonds is 5. The lowest BCUT2D eigenvalue weighted by Crippen LogP contribution is -2.59. The van der Waals surface area contributed by atoms with E-state index in [1.54, 1.807) is 0 Å². The third-order valence-corrected chi connectivity index (χ3v) is 4.33. The van der Waals surface area contributed by atoms with Crippen LogP contribution < -0.4 is 5.32 Å². The van der Waals surface area contributed by atoms with Crippen molar-refractivity contribution in [1.29, 1.82) is 0 Å². The van der Waals surface area contributed by atoms with E-state index in [0.29, 0.717) is 19.8 Å². The SMILES string of the molecule is CCN(CC(=O)O)C1CC(NC(=O)N2CCOCC2C)C1. The minimum Gasteiger partial charge on any atom is -0.480 e. The highest BCUT2D eigenvalue weighted by Crippen LogP contribution is 2.26. The molecule has 2 amide bonds.